The number of fused-ring (bicyclic) bond motifs is 2. The van der Waals surface area contributed by atoms with Crippen LogP contribution in [0.1, 0.15) is 36.0 Å². The normalized spacial score (nSPS) is 25.7. The Morgan fingerprint density at radius 1 is 1.06 bits per heavy atom. The van der Waals surface area contributed by atoms with Crippen molar-refractivity contribution in [1.29, 1.82) is 0 Å². The van der Waals surface area contributed by atoms with E-state index in [2.05, 4.69) is 25.5 Å². The van der Waals surface area contributed by atoms with Crippen LogP contribution in [-0.2, 0) is 4.79 Å². The van der Waals surface area contributed by atoms with Crippen LogP contribution in [0.5, 0.6) is 0 Å². The molecule has 1 aliphatic carbocycles. The summed E-state index contributed by atoms with van der Waals surface area (Å²) in [5.74, 6) is 0.672. The molecule has 0 spiro atoms. The highest BCUT2D eigenvalue weighted by Gasteiger charge is 2.40. The number of oxazole rings is 1. The van der Waals surface area contributed by atoms with Crippen LogP contribution in [0.3, 0.4) is 0 Å². The molecule has 9 nitrogen and oxygen atoms in total. The number of carbonyl (C=O) groups is 2. The molecule has 4 heterocycles. The summed E-state index contributed by atoms with van der Waals surface area (Å²) in [6.45, 7) is 2.56. The lowest BCUT2D eigenvalue weighted by Crippen LogP contribution is -2.69. The zero-order chi connectivity index (χ0) is 23.1. The lowest BCUT2D eigenvalue weighted by Gasteiger charge is -2.46. The molecule has 3 aliphatic rings. The molecule has 176 valence electrons. The first-order valence-corrected chi connectivity index (χ1v) is 12.1. The number of amides is 2. The molecule has 34 heavy (non-hydrogen) atoms. The number of piperazine rings is 1. The zero-order valence-electron chi connectivity index (χ0n) is 18.9. The van der Waals surface area contributed by atoms with Crippen LogP contribution < -0.4 is 10.6 Å². The number of benzene rings is 1. The van der Waals surface area contributed by atoms with Gasteiger partial charge in [-0.1, -0.05) is 31.0 Å². The average Bonchev–Trinajstić information content (AvgIpc) is 3.32. The molecule has 3 fully saturated rings. The van der Waals surface area contributed by atoms with Gasteiger partial charge in [0.05, 0.1) is 11.5 Å². The highest BCUT2D eigenvalue weighted by molar-refractivity contribution is 5.96. The molecular weight excluding hydrogens is 432 g/mol. The smallest absolute Gasteiger partial charge is 0.255 e. The first-order chi connectivity index (χ1) is 16.7. The SMILES string of the molecule is O=C1NC(N2CCN(C(=O)c3cnc4nc(-c5ccccc5)oc4c3)CC2)NC2CCCCC12. The Balaban J connectivity index is 1.11. The molecule has 2 aliphatic heterocycles. The predicted octanol–water partition coefficient (Wildman–Crippen LogP) is 2.21. The molecule has 3 unspecified atom stereocenters. The van der Waals surface area contributed by atoms with Crippen molar-refractivity contribution >= 4 is 23.0 Å². The van der Waals surface area contributed by atoms with Crippen molar-refractivity contribution < 1.29 is 14.0 Å². The van der Waals surface area contributed by atoms with Gasteiger partial charge in [0.25, 0.3) is 5.91 Å². The molecule has 2 N–H and O–H groups in total. The van der Waals surface area contributed by atoms with Crippen molar-refractivity contribution in [2.45, 2.75) is 38.0 Å². The quantitative estimate of drug-likeness (QED) is 0.618. The van der Waals surface area contributed by atoms with E-state index < -0.39 is 0 Å². The summed E-state index contributed by atoms with van der Waals surface area (Å²) in [5, 5.41) is 6.77. The fraction of sp³-hybridized carbons (Fsp3) is 0.440. The topological polar surface area (TPSA) is 104 Å². The Hall–Kier alpha value is -3.30. The summed E-state index contributed by atoms with van der Waals surface area (Å²) in [6, 6.07) is 11.6. The largest absolute Gasteiger partial charge is 0.434 e. The number of nitrogens with zero attached hydrogens (tertiary/aromatic N) is 4. The third-order valence-electron chi connectivity index (χ3n) is 7.23. The fourth-order valence-electron chi connectivity index (χ4n) is 5.33. The van der Waals surface area contributed by atoms with Crippen molar-refractivity contribution in [3.63, 3.8) is 0 Å². The monoisotopic (exact) mass is 460 g/mol. The van der Waals surface area contributed by atoms with Crippen molar-refractivity contribution in [2.75, 3.05) is 26.2 Å². The number of carbonyl (C=O) groups excluding carboxylic acids is 2. The minimum Gasteiger partial charge on any atom is -0.434 e. The summed E-state index contributed by atoms with van der Waals surface area (Å²) in [4.78, 5) is 38.6. The third kappa shape index (κ3) is 3.95. The first-order valence-electron chi connectivity index (χ1n) is 12.1. The Morgan fingerprint density at radius 3 is 2.68 bits per heavy atom. The first kappa shape index (κ1) is 21.2. The van der Waals surface area contributed by atoms with Gasteiger partial charge < -0.3 is 14.6 Å². The third-order valence-corrected chi connectivity index (χ3v) is 7.23. The second kappa shape index (κ2) is 8.81. The van der Waals surface area contributed by atoms with Gasteiger partial charge in [0.15, 0.2) is 11.2 Å². The van der Waals surface area contributed by atoms with Gasteiger partial charge in [-0.25, -0.2) is 4.98 Å². The minimum absolute atomic E-state index is 0.0697. The molecule has 0 bridgehead atoms. The maximum absolute atomic E-state index is 13.2. The molecular formula is C25H28N6O3. The molecule has 2 aromatic heterocycles. The van der Waals surface area contributed by atoms with E-state index in [4.69, 9.17) is 4.42 Å². The molecule has 2 amide bonds. The number of nitrogens with one attached hydrogen (secondary N) is 2. The van der Waals surface area contributed by atoms with E-state index in [9.17, 15) is 9.59 Å². The van der Waals surface area contributed by atoms with Crippen molar-refractivity contribution in [3.05, 3.63) is 48.2 Å². The molecule has 2 saturated heterocycles. The van der Waals surface area contributed by atoms with Crippen LogP contribution in [0.4, 0.5) is 0 Å². The van der Waals surface area contributed by atoms with Gasteiger partial charge in [0.1, 0.15) is 6.29 Å². The number of hydrogen-bond donors (Lipinski definition) is 2. The predicted molar refractivity (Wildman–Crippen MR) is 126 cm³/mol. The highest BCUT2D eigenvalue weighted by atomic mass is 16.3. The standard InChI is InChI=1S/C25H28N6O3/c32-22-18-8-4-5-9-19(18)27-25(29-22)31-12-10-30(11-13-31)24(33)17-14-20-21(26-15-17)28-23(34-20)16-6-2-1-3-7-16/h1-3,6-7,14-15,18-19,25,27H,4-5,8-13H2,(H,29,32). The molecule has 1 saturated carbocycles. The van der Waals surface area contributed by atoms with Crippen LogP contribution >= 0.6 is 0 Å². The maximum atomic E-state index is 13.2. The van der Waals surface area contributed by atoms with E-state index in [1.54, 1.807) is 12.3 Å². The number of rotatable bonds is 3. The van der Waals surface area contributed by atoms with Crippen LogP contribution in [0.25, 0.3) is 22.7 Å². The fourth-order valence-corrected chi connectivity index (χ4v) is 5.33. The Bertz CT molecular complexity index is 1200. The van der Waals surface area contributed by atoms with E-state index in [1.807, 2.05) is 35.2 Å². The summed E-state index contributed by atoms with van der Waals surface area (Å²) in [6.07, 6.45) is 5.73. The molecule has 3 atom stereocenters. The Labute approximate surface area is 197 Å². The Morgan fingerprint density at radius 2 is 1.85 bits per heavy atom. The van der Waals surface area contributed by atoms with Gasteiger partial charge in [-0.15, -0.1) is 0 Å². The lowest BCUT2D eigenvalue weighted by atomic mass is 9.82. The lowest BCUT2D eigenvalue weighted by molar-refractivity contribution is -0.134. The summed E-state index contributed by atoms with van der Waals surface area (Å²) < 4.78 is 5.88. The molecule has 1 aromatic carbocycles. The molecule has 3 aromatic rings. The van der Waals surface area contributed by atoms with Crippen LogP contribution in [-0.4, -0.2) is 70.1 Å². The summed E-state index contributed by atoms with van der Waals surface area (Å²) in [7, 11) is 0. The van der Waals surface area contributed by atoms with Gasteiger partial charge in [-0.3, -0.25) is 19.8 Å². The van der Waals surface area contributed by atoms with Gasteiger partial charge >= 0.3 is 0 Å². The number of pyridine rings is 1. The average molecular weight is 461 g/mol. The van der Waals surface area contributed by atoms with E-state index in [0.29, 0.717) is 48.9 Å². The van der Waals surface area contributed by atoms with Crippen LogP contribution in [0.2, 0.25) is 0 Å². The van der Waals surface area contributed by atoms with Crippen LogP contribution in [0, 0.1) is 5.92 Å². The maximum Gasteiger partial charge on any atom is 0.255 e. The van der Waals surface area contributed by atoms with Gasteiger partial charge in [0.2, 0.25) is 11.8 Å². The van der Waals surface area contributed by atoms with Crippen LogP contribution in [0.15, 0.2) is 47.0 Å². The molecule has 9 heteroatoms. The van der Waals surface area contributed by atoms with Gasteiger partial charge in [0, 0.05) is 44.0 Å². The second-order valence-corrected chi connectivity index (χ2v) is 9.33. The van der Waals surface area contributed by atoms with E-state index in [0.717, 1.165) is 24.8 Å². The minimum atomic E-state index is -0.160. The second-order valence-electron chi connectivity index (χ2n) is 9.33. The summed E-state index contributed by atoms with van der Waals surface area (Å²) in [5.41, 5.74) is 2.35. The van der Waals surface area contributed by atoms with Crippen molar-refractivity contribution in [3.8, 4) is 11.5 Å². The van der Waals surface area contributed by atoms with Crippen molar-refractivity contribution in [1.82, 2.24) is 30.4 Å². The summed E-state index contributed by atoms with van der Waals surface area (Å²) >= 11 is 0. The van der Waals surface area contributed by atoms with E-state index in [-0.39, 0.29) is 30.1 Å². The molecule has 6 rings (SSSR count). The number of aromatic nitrogens is 2. The highest BCUT2D eigenvalue weighted by Crippen LogP contribution is 2.28. The number of hydrogen-bond acceptors (Lipinski definition) is 7. The van der Waals surface area contributed by atoms with Gasteiger partial charge in [-0.2, -0.15) is 4.98 Å². The zero-order valence-corrected chi connectivity index (χ0v) is 18.9. The van der Waals surface area contributed by atoms with E-state index in [1.165, 1.54) is 6.42 Å². The Kier molecular flexibility index (Phi) is 5.50. The molecule has 0 radical (unpaired) electrons. The van der Waals surface area contributed by atoms with Gasteiger partial charge in [-0.05, 0) is 31.0 Å². The van der Waals surface area contributed by atoms with Crippen molar-refractivity contribution in [2.24, 2.45) is 5.92 Å². The van der Waals surface area contributed by atoms with E-state index >= 15 is 0 Å².